The van der Waals surface area contributed by atoms with Crippen LogP contribution < -0.4 is 11.1 Å². The predicted molar refractivity (Wildman–Crippen MR) is 69.1 cm³/mol. The van der Waals surface area contributed by atoms with E-state index in [0.29, 0.717) is 6.04 Å². The molecule has 0 aliphatic heterocycles. The number of carbonyl (C=O) groups is 1. The number of amides is 1. The summed E-state index contributed by atoms with van der Waals surface area (Å²) >= 11 is 0. The van der Waals surface area contributed by atoms with Crippen molar-refractivity contribution in [3.8, 4) is 0 Å². The molecule has 15 heavy (non-hydrogen) atoms. The molecule has 0 saturated heterocycles. The summed E-state index contributed by atoms with van der Waals surface area (Å²) in [6.45, 7) is 10.4. The van der Waals surface area contributed by atoms with E-state index >= 15 is 0 Å². The molecule has 0 fully saturated rings. The molecule has 0 aliphatic carbocycles. The van der Waals surface area contributed by atoms with E-state index < -0.39 is 5.91 Å². The monoisotopic (exact) mass is 232 g/mol. The molecule has 0 unspecified atom stereocenters. The predicted octanol–water partition coefficient (Wildman–Crippen LogP) is 1.81. The van der Waals surface area contributed by atoms with Gasteiger partial charge in [0.1, 0.15) is 0 Å². The fourth-order valence-electron chi connectivity index (χ4n) is 0.734. The highest BCUT2D eigenvalue weighted by Gasteiger charge is 1.97. The second kappa shape index (κ2) is 15.4. The van der Waals surface area contributed by atoms with Crippen LogP contribution in [0.25, 0.3) is 0 Å². The van der Waals surface area contributed by atoms with Gasteiger partial charge in [0, 0.05) is 6.04 Å². The minimum atomic E-state index is -0.481. The van der Waals surface area contributed by atoms with Gasteiger partial charge in [-0.2, -0.15) is 0 Å². The third-order valence-electron chi connectivity index (χ3n) is 1.51. The number of halogens is 1. The second-order valence-electron chi connectivity index (χ2n) is 2.64. The Morgan fingerprint density at radius 3 is 1.80 bits per heavy atom. The minimum Gasteiger partial charge on any atom is -0.366 e. The van der Waals surface area contributed by atoms with E-state index in [0.717, 1.165) is 18.9 Å². The average molecular weight is 233 g/mol. The Kier molecular flexibility index (Phi) is 20.0. The summed E-state index contributed by atoms with van der Waals surface area (Å²) in [5.41, 5.74) is 4.53. The maximum absolute atomic E-state index is 9.47. The van der Waals surface area contributed by atoms with Gasteiger partial charge in [0.05, 0.1) is 0 Å². The Balaban J connectivity index is -0.000000208. The van der Waals surface area contributed by atoms with Gasteiger partial charge in [0.2, 0.25) is 5.91 Å². The number of nitrogens with one attached hydrogen (secondary N) is 1. The summed E-state index contributed by atoms with van der Waals surface area (Å²) in [5, 5.41) is 3.16. The first-order chi connectivity index (χ1) is 6.62. The summed E-state index contributed by atoms with van der Waals surface area (Å²) in [4.78, 5) is 9.47. The molecule has 1 amide bonds. The largest absolute Gasteiger partial charge is 0.366 e. The van der Waals surface area contributed by atoms with Gasteiger partial charge >= 0.3 is 0 Å². The highest BCUT2D eigenvalue weighted by molar-refractivity contribution is 5.85. The molecule has 0 heterocycles. The van der Waals surface area contributed by atoms with Gasteiger partial charge < -0.3 is 11.1 Å². The third-order valence-corrected chi connectivity index (χ3v) is 1.51. The van der Waals surface area contributed by atoms with Gasteiger partial charge in [-0.05, 0) is 26.0 Å². The van der Waals surface area contributed by atoms with Gasteiger partial charge in [0.15, 0.2) is 0 Å². The summed E-state index contributed by atoms with van der Waals surface area (Å²) in [7, 11) is 1.96. The fourth-order valence-corrected chi connectivity index (χ4v) is 0.734. The lowest BCUT2D eigenvalue weighted by Crippen LogP contribution is -2.23. The lowest BCUT2D eigenvalue weighted by atomic mass is 10.1. The van der Waals surface area contributed by atoms with Gasteiger partial charge in [-0.25, -0.2) is 0 Å². The molecule has 0 aromatic heterocycles. The van der Waals surface area contributed by atoms with Crippen molar-refractivity contribution < 1.29 is 4.79 Å². The summed E-state index contributed by atoms with van der Waals surface area (Å²) < 4.78 is 0. The minimum absolute atomic E-state index is 0. The normalized spacial score (nSPS) is 7.87. The van der Waals surface area contributed by atoms with Crippen molar-refractivity contribution in [2.24, 2.45) is 5.73 Å². The molecule has 88 valence electrons. The molecule has 0 atom stereocenters. The highest BCUT2D eigenvalue weighted by Crippen LogP contribution is 1.97. The van der Waals surface area contributed by atoms with Crippen molar-refractivity contribution in [1.29, 1.82) is 0 Å². The molecule has 0 bridgehead atoms. The number of carbonyl (C=O) groups excluding carboxylic acids is 1. The standard InChI is InChI=1S/C8H15N.C3H5NO.ClH/c1-4-6-8(9-3)7-5-2;1-2-3(4)5;/h4-5,8-9H,1-2,6-7H2,3H3;2H,1H2,(H2,4,5);1H. The zero-order valence-corrected chi connectivity index (χ0v) is 10.1. The van der Waals surface area contributed by atoms with Crippen LogP contribution in [0.5, 0.6) is 0 Å². The van der Waals surface area contributed by atoms with Crippen LogP contribution in [0.2, 0.25) is 0 Å². The maximum atomic E-state index is 9.47. The Hall–Kier alpha value is -1.06. The van der Waals surface area contributed by atoms with E-state index in [1.54, 1.807) is 0 Å². The Labute approximate surface area is 98.5 Å². The van der Waals surface area contributed by atoms with Gasteiger partial charge in [-0.3, -0.25) is 4.79 Å². The molecular weight excluding hydrogens is 212 g/mol. The van der Waals surface area contributed by atoms with Crippen LogP contribution in [0.3, 0.4) is 0 Å². The van der Waals surface area contributed by atoms with Gasteiger partial charge in [-0.15, -0.1) is 25.6 Å². The number of nitrogens with two attached hydrogens (primary N) is 1. The van der Waals surface area contributed by atoms with Crippen LogP contribution in [0.15, 0.2) is 38.0 Å². The fraction of sp³-hybridized carbons (Fsp3) is 0.364. The van der Waals surface area contributed by atoms with E-state index in [1.807, 2.05) is 19.2 Å². The summed E-state index contributed by atoms with van der Waals surface area (Å²) in [6, 6.07) is 0.528. The van der Waals surface area contributed by atoms with E-state index in [9.17, 15) is 4.79 Å². The maximum Gasteiger partial charge on any atom is 0.240 e. The topological polar surface area (TPSA) is 55.1 Å². The van der Waals surface area contributed by atoms with Crippen molar-refractivity contribution in [2.75, 3.05) is 7.05 Å². The molecule has 0 rings (SSSR count). The molecule has 0 spiro atoms. The van der Waals surface area contributed by atoms with Crippen LogP contribution in [0, 0.1) is 0 Å². The van der Waals surface area contributed by atoms with Gasteiger partial charge in [-0.1, -0.05) is 18.7 Å². The van der Waals surface area contributed by atoms with Crippen LogP contribution >= 0.6 is 12.4 Å². The van der Waals surface area contributed by atoms with Crippen molar-refractivity contribution in [3.63, 3.8) is 0 Å². The highest BCUT2D eigenvalue weighted by atomic mass is 35.5. The number of hydrogen-bond acceptors (Lipinski definition) is 2. The van der Waals surface area contributed by atoms with Crippen molar-refractivity contribution in [2.45, 2.75) is 18.9 Å². The molecule has 0 radical (unpaired) electrons. The number of hydrogen-bond donors (Lipinski definition) is 2. The van der Waals surface area contributed by atoms with Crippen LogP contribution in [-0.4, -0.2) is 19.0 Å². The Bertz CT molecular complexity index is 183. The summed E-state index contributed by atoms with van der Waals surface area (Å²) in [5.74, 6) is -0.481. The number of primary amides is 1. The molecule has 0 aromatic rings. The SMILES string of the molecule is C=CC(N)=O.C=CCC(CC=C)NC.Cl. The Morgan fingerprint density at radius 1 is 1.33 bits per heavy atom. The lowest BCUT2D eigenvalue weighted by molar-refractivity contribution is -0.113. The first-order valence-corrected chi connectivity index (χ1v) is 4.43. The zero-order valence-electron chi connectivity index (χ0n) is 9.24. The third kappa shape index (κ3) is 19.4. The second-order valence-corrected chi connectivity index (χ2v) is 2.64. The molecule has 4 heteroatoms. The first-order valence-electron chi connectivity index (χ1n) is 4.43. The molecule has 0 saturated carbocycles. The average Bonchev–Trinajstić information content (AvgIpc) is 2.18. The zero-order chi connectivity index (χ0) is 11.4. The van der Waals surface area contributed by atoms with Crippen LogP contribution in [0.1, 0.15) is 12.8 Å². The first kappa shape index (κ1) is 19.5. The Morgan fingerprint density at radius 2 is 1.67 bits per heavy atom. The van der Waals surface area contributed by atoms with Gasteiger partial charge in [0.25, 0.3) is 0 Å². The van der Waals surface area contributed by atoms with E-state index in [1.165, 1.54) is 0 Å². The molecule has 0 aliphatic rings. The summed E-state index contributed by atoms with van der Waals surface area (Å²) in [6.07, 6.45) is 6.93. The van der Waals surface area contributed by atoms with Crippen LogP contribution in [0.4, 0.5) is 0 Å². The van der Waals surface area contributed by atoms with Crippen molar-refractivity contribution in [3.05, 3.63) is 38.0 Å². The van der Waals surface area contributed by atoms with E-state index in [4.69, 9.17) is 0 Å². The molecule has 3 N–H and O–H groups in total. The molecule has 0 aromatic carbocycles. The lowest BCUT2D eigenvalue weighted by Gasteiger charge is -2.09. The quantitative estimate of drug-likeness (QED) is 0.542. The van der Waals surface area contributed by atoms with E-state index in [2.05, 4.69) is 30.8 Å². The smallest absolute Gasteiger partial charge is 0.240 e. The van der Waals surface area contributed by atoms with Crippen molar-refractivity contribution >= 4 is 18.3 Å². The molecule has 3 nitrogen and oxygen atoms in total. The van der Waals surface area contributed by atoms with E-state index in [-0.39, 0.29) is 12.4 Å². The number of rotatable bonds is 6. The molecular formula is C11H21ClN2O. The van der Waals surface area contributed by atoms with Crippen LogP contribution in [-0.2, 0) is 4.79 Å². The van der Waals surface area contributed by atoms with Crippen molar-refractivity contribution in [1.82, 2.24) is 5.32 Å².